The standard InChI is InChI=1S/C14H20BrNO2/c1-9-11(17-3)8-10(13(18-4)12(9)15)14(2)6-5-7-16-14/h8,16H,5-7H2,1-4H3. The molecule has 2 rings (SSSR count). The van der Waals surface area contributed by atoms with Gasteiger partial charge in [0.1, 0.15) is 11.5 Å². The van der Waals surface area contributed by atoms with Gasteiger partial charge in [-0.3, -0.25) is 0 Å². The molecule has 0 amide bonds. The quantitative estimate of drug-likeness (QED) is 0.928. The van der Waals surface area contributed by atoms with E-state index in [1.807, 2.05) is 6.92 Å². The van der Waals surface area contributed by atoms with Crippen molar-refractivity contribution in [2.45, 2.75) is 32.2 Å². The Morgan fingerprint density at radius 1 is 1.33 bits per heavy atom. The third-order valence-corrected chi connectivity index (χ3v) is 4.76. The maximum absolute atomic E-state index is 5.59. The Morgan fingerprint density at radius 2 is 2.06 bits per heavy atom. The molecule has 1 aromatic carbocycles. The van der Waals surface area contributed by atoms with E-state index in [0.29, 0.717) is 0 Å². The molecular formula is C14H20BrNO2. The number of hydrogen-bond donors (Lipinski definition) is 1. The molecule has 4 heteroatoms. The fourth-order valence-corrected chi connectivity index (χ4v) is 3.22. The van der Waals surface area contributed by atoms with Crippen molar-refractivity contribution in [1.29, 1.82) is 0 Å². The van der Waals surface area contributed by atoms with Crippen LogP contribution >= 0.6 is 15.9 Å². The molecule has 1 aromatic rings. The molecule has 0 saturated carbocycles. The maximum Gasteiger partial charge on any atom is 0.138 e. The lowest BCUT2D eigenvalue weighted by molar-refractivity contribution is 0.361. The molecule has 0 bridgehead atoms. The number of methoxy groups -OCH3 is 2. The Balaban J connectivity index is 2.61. The fraction of sp³-hybridized carbons (Fsp3) is 0.571. The number of ether oxygens (including phenoxy) is 2. The van der Waals surface area contributed by atoms with Crippen LogP contribution < -0.4 is 14.8 Å². The molecule has 0 radical (unpaired) electrons. The first-order valence-corrected chi connectivity index (χ1v) is 6.99. The van der Waals surface area contributed by atoms with E-state index in [0.717, 1.165) is 40.1 Å². The van der Waals surface area contributed by atoms with Gasteiger partial charge in [0.05, 0.1) is 18.7 Å². The van der Waals surface area contributed by atoms with Crippen LogP contribution in [-0.4, -0.2) is 20.8 Å². The lowest BCUT2D eigenvalue weighted by Gasteiger charge is -2.28. The minimum absolute atomic E-state index is 0.0329. The number of benzene rings is 1. The highest BCUT2D eigenvalue weighted by Gasteiger charge is 2.34. The predicted octanol–water partition coefficient (Wildman–Crippen LogP) is 3.37. The van der Waals surface area contributed by atoms with Crippen LogP contribution in [0.2, 0.25) is 0 Å². The van der Waals surface area contributed by atoms with Gasteiger partial charge in [-0.05, 0) is 55.2 Å². The average molecular weight is 314 g/mol. The van der Waals surface area contributed by atoms with Crippen molar-refractivity contribution in [1.82, 2.24) is 5.32 Å². The van der Waals surface area contributed by atoms with Gasteiger partial charge in [-0.15, -0.1) is 0 Å². The normalized spacial score (nSPS) is 23.2. The summed E-state index contributed by atoms with van der Waals surface area (Å²) >= 11 is 3.62. The van der Waals surface area contributed by atoms with Crippen LogP contribution in [0.3, 0.4) is 0 Å². The van der Waals surface area contributed by atoms with Crippen LogP contribution in [0.1, 0.15) is 30.9 Å². The predicted molar refractivity (Wildman–Crippen MR) is 76.6 cm³/mol. The van der Waals surface area contributed by atoms with E-state index in [9.17, 15) is 0 Å². The molecule has 1 N–H and O–H groups in total. The molecule has 1 fully saturated rings. The summed E-state index contributed by atoms with van der Waals surface area (Å²) in [5, 5.41) is 3.57. The van der Waals surface area contributed by atoms with Crippen molar-refractivity contribution >= 4 is 15.9 Å². The van der Waals surface area contributed by atoms with E-state index in [1.54, 1.807) is 14.2 Å². The Kier molecular flexibility index (Phi) is 3.87. The monoisotopic (exact) mass is 313 g/mol. The molecule has 3 nitrogen and oxygen atoms in total. The maximum atomic E-state index is 5.59. The summed E-state index contributed by atoms with van der Waals surface area (Å²) in [6.45, 7) is 5.30. The molecule has 100 valence electrons. The lowest BCUT2D eigenvalue weighted by atomic mass is 9.88. The van der Waals surface area contributed by atoms with Gasteiger partial charge < -0.3 is 14.8 Å². The Bertz CT molecular complexity index is 454. The summed E-state index contributed by atoms with van der Waals surface area (Å²) < 4.78 is 12.0. The summed E-state index contributed by atoms with van der Waals surface area (Å²) in [5.74, 6) is 1.80. The van der Waals surface area contributed by atoms with Gasteiger partial charge in [-0.25, -0.2) is 0 Å². The van der Waals surface area contributed by atoms with E-state index < -0.39 is 0 Å². The highest BCUT2D eigenvalue weighted by atomic mass is 79.9. The highest BCUT2D eigenvalue weighted by molar-refractivity contribution is 9.10. The summed E-state index contributed by atoms with van der Waals surface area (Å²) in [7, 11) is 3.42. The highest BCUT2D eigenvalue weighted by Crippen LogP contribution is 2.44. The largest absolute Gasteiger partial charge is 0.496 e. The number of nitrogens with one attached hydrogen (secondary N) is 1. The number of rotatable bonds is 3. The van der Waals surface area contributed by atoms with E-state index in [-0.39, 0.29) is 5.54 Å². The summed E-state index contributed by atoms with van der Waals surface area (Å²) in [6, 6.07) is 2.09. The van der Waals surface area contributed by atoms with Crippen molar-refractivity contribution < 1.29 is 9.47 Å². The Hall–Kier alpha value is -0.740. The first kappa shape index (κ1) is 13.7. The summed E-state index contributed by atoms with van der Waals surface area (Å²) in [4.78, 5) is 0. The van der Waals surface area contributed by atoms with Gasteiger partial charge >= 0.3 is 0 Å². The molecule has 1 atom stereocenters. The van der Waals surface area contributed by atoms with Crippen LogP contribution in [-0.2, 0) is 5.54 Å². The zero-order valence-corrected chi connectivity index (χ0v) is 13.0. The van der Waals surface area contributed by atoms with Gasteiger partial charge in [0.25, 0.3) is 0 Å². The SMILES string of the molecule is COc1cc(C2(C)CCCN2)c(OC)c(Br)c1C. The fourth-order valence-electron chi connectivity index (χ4n) is 2.65. The third kappa shape index (κ3) is 2.12. The zero-order valence-electron chi connectivity index (χ0n) is 11.4. The van der Waals surface area contributed by atoms with Crippen LogP contribution in [0.15, 0.2) is 10.5 Å². The van der Waals surface area contributed by atoms with Crippen LogP contribution in [0.5, 0.6) is 11.5 Å². The van der Waals surface area contributed by atoms with Crippen molar-refractivity contribution in [2.75, 3.05) is 20.8 Å². The van der Waals surface area contributed by atoms with E-state index in [1.165, 1.54) is 6.42 Å². The molecule has 1 heterocycles. The average Bonchev–Trinajstić information content (AvgIpc) is 2.80. The third-order valence-electron chi connectivity index (χ3n) is 3.81. The van der Waals surface area contributed by atoms with Crippen LogP contribution in [0.25, 0.3) is 0 Å². The van der Waals surface area contributed by atoms with Crippen molar-refractivity contribution in [3.05, 3.63) is 21.7 Å². The smallest absolute Gasteiger partial charge is 0.138 e. The van der Waals surface area contributed by atoms with E-state index in [4.69, 9.17) is 9.47 Å². The van der Waals surface area contributed by atoms with Gasteiger partial charge in [0.15, 0.2) is 0 Å². The van der Waals surface area contributed by atoms with Gasteiger partial charge in [0, 0.05) is 16.7 Å². The topological polar surface area (TPSA) is 30.5 Å². The molecule has 1 saturated heterocycles. The van der Waals surface area contributed by atoms with E-state index >= 15 is 0 Å². The van der Waals surface area contributed by atoms with Crippen molar-refractivity contribution in [3.8, 4) is 11.5 Å². The second kappa shape index (κ2) is 5.10. The molecule has 18 heavy (non-hydrogen) atoms. The minimum Gasteiger partial charge on any atom is -0.496 e. The molecular weight excluding hydrogens is 294 g/mol. The zero-order chi connectivity index (χ0) is 13.3. The van der Waals surface area contributed by atoms with Gasteiger partial charge in [-0.1, -0.05) is 0 Å². The second-order valence-corrected chi connectivity index (χ2v) is 5.75. The number of hydrogen-bond acceptors (Lipinski definition) is 3. The second-order valence-electron chi connectivity index (χ2n) is 4.96. The van der Waals surface area contributed by atoms with Crippen LogP contribution in [0.4, 0.5) is 0 Å². The first-order chi connectivity index (χ1) is 8.53. The Labute approximate surface area is 117 Å². The van der Waals surface area contributed by atoms with Crippen molar-refractivity contribution in [3.63, 3.8) is 0 Å². The van der Waals surface area contributed by atoms with Crippen LogP contribution in [0, 0.1) is 6.92 Å². The summed E-state index contributed by atoms with van der Waals surface area (Å²) in [5.41, 5.74) is 2.20. The van der Waals surface area contributed by atoms with Crippen molar-refractivity contribution in [2.24, 2.45) is 0 Å². The number of halogens is 1. The Morgan fingerprint density at radius 3 is 2.56 bits per heavy atom. The minimum atomic E-state index is -0.0329. The molecule has 0 aromatic heterocycles. The molecule has 1 aliphatic heterocycles. The first-order valence-electron chi connectivity index (χ1n) is 6.20. The molecule has 0 aliphatic carbocycles. The van der Waals surface area contributed by atoms with Gasteiger partial charge in [0.2, 0.25) is 0 Å². The summed E-state index contributed by atoms with van der Waals surface area (Å²) in [6.07, 6.45) is 2.30. The van der Waals surface area contributed by atoms with E-state index in [2.05, 4.69) is 34.2 Å². The lowest BCUT2D eigenvalue weighted by Crippen LogP contribution is -2.33. The molecule has 0 spiro atoms. The van der Waals surface area contributed by atoms with Gasteiger partial charge in [-0.2, -0.15) is 0 Å². The molecule has 1 unspecified atom stereocenters. The molecule has 1 aliphatic rings.